The van der Waals surface area contributed by atoms with Gasteiger partial charge in [-0.25, -0.2) is 4.79 Å². The summed E-state index contributed by atoms with van der Waals surface area (Å²) in [5.41, 5.74) is 1.80. The Morgan fingerprint density at radius 2 is 1.81 bits per heavy atom. The van der Waals surface area contributed by atoms with Crippen molar-refractivity contribution < 1.29 is 19.2 Å². The van der Waals surface area contributed by atoms with Crippen molar-refractivity contribution in [3.05, 3.63) is 34.0 Å². The van der Waals surface area contributed by atoms with Crippen LogP contribution in [0.25, 0.3) is 11.3 Å². The van der Waals surface area contributed by atoms with Gasteiger partial charge in [-0.1, -0.05) is 17.3 Å². The Kier molecular flexibility index (Phi) is 5.96. The first kappa shape index (κ1) is 18.5. The molecule has 0 aliphatic carbocycles. The van der Waals surface area contributed by atoms with Crippen LogP contribution in [0.3, 0.4) is 0 Å². The number of hydroxylamine groups is 2. The van der Waals surface area contributed by atoms with Gasteiger partial charge in [-0.3, -0.25) is 14.3 Å². The molecule has 2 amide bonds. The van der Waals surface area contributed by atoms with E-state index in [2.05, 4.69) is 32.9 Å². The maximum atomic E-state index is 11.7. The minimum absolute atomic E-state index is 0.0985. The van der Waals surface area contributed by atoms with Gasteiger partial charge >= 0.3 is 5.97 Å². The lowest BCUT2D eigenvalue weighted by molar-refractivity contribution is -0.197. The number of nitrogens with zero attached hydrogens (tertiary/aromatic N) is 4. The van der Waals surface area contributed by atoms with E-state index in [-0.39, 0.29) is 19.3 Å². The molecular weight excluding hydrogens is 451 g/mol. The van der Waals surface area contributed by atoms with Crippen molar-refractivity contribution in [2.75, 3.05) is 0 Å². The summed E-state index contributed by atoms with van der Waals surface area (Å²) in [4.78, 5) is 39.3. The molecule has 2 aromatic rings. The fourth-order valence-corrected chi connectivity index (χ4v) is 2.87. The predicted octanol–water partition coefficient (Wildman–Crippen LogP) is 2.33. The van der Waals surface area contributed by atoms with Crippen LogP contribution in [-0.2, 0) is 25.8 Å². The molecule has 0 atom stereocenters. The largest absolute Gasteiger partial charge is 0.333 e. The lowest BCUT2D eigenvalue weighted by Gasteiger charge is -2.12. The SMILES string of the molecule is O=C(CCCCn1cc(-c2ccc(I)cc2)nn1)ON1C(=O)CCC1=O. The fraction of sp³-hybridized carbons (Fsp3) is 0.353. The molecule has 8 nitrogen and oxygen atoms in total. The van der Waals surface area contributed by atoms with Crippen molar-refractivity contribution in [3.8, 4) is 11.3 Å². The highest BCUT2D eigenvalue weighted by Gasteiger charge is 2.32. The quantitative estimate of drug-likeness (QED) is 0.352. The first-order chi connectivity index (χ1) is 12.5. The van der Waals surface area contributed by atoms with E-state index in [0.717, 1.165) is 14.8 Å². The summed E-state index contributed by atoms with van der Waals surface area (Å²) in [6.07, 6.45) is 3.46. The van der Waals surface area contributed by atoms with Gasteiger partial charge in [-0.2, -0.15) is 0 Å². The lowest BCUT2D eigenvalue weighted by Crippen LogP contribution is -2.31. The Bertz CT molecular complexity index is 802. The number of aromatic nitrogens is 3. The van der Waals surface area contributed by atoms with Crippen LogP contribution < -0.4 is 0 Å². The van der Waals surface area contributed by atoms with Crippen LogP contribution in [0.2, 0.25) is 0 Å². The van der Waals surface area contributed by atoms with E-state index in [9.17, 15) is 14.4 Å². The molecule has 3 rings (SSSR count). The highest BCUT2D eigenvalue weighted by atomic mass is 127. The van der Waals surface area contributed by atoms with Gasteiger partial charge in [-0.15, -0.1) is 10.2 Å². The Hall–Kier alpha value is -2.30. The van der Waals surface area contributed by atoms with E-state index < -0.39 is 17.8 Å². The number of halogens is 1. The summed E-state index contributed by atoms with van der Waals surface area (Å²) in [5.74, 6) is -1.50. The molecule has 0 bridgehead atoms. The summed E-state index contributed by atoms with van der Waals surface area (Å²) in [5, 5.41) is 8.81. The summed E-state index contributed by atoms with van der Waals surface area (Å²) in [6.45, 7) is 0.617. The molecule has 0 unspecified atom stereocenters. The number of aryl methyl sites for hydroxylation is 1. The van der Waals surface area contributed by atoms with Crippen molar-refractivity contribution in [2.45, 2.75) is 38.6 Å². The van der Waals surface area contributed by atoms with E-state index in [4.69, 9.17) is 4.84 Å². The van der Waals surface area contributed by atoms with Crippen LogP contribution in [0.15, 0.2) is 30.5 Å². The summed E-state index contributed by atoms with van der Waals surface area (Å²) >= 11 is 2.25. The number of imide groups is 1. The van der Waals surface area contributed by atoms with Gasteiger partial charge < -0.3 is 4.84 Å². The number of hydrogen-bond acceptors (Lipinski definition) is 6. The highest BCUT2D eigenvalue weighted by Crippen LogP contribution is 2.18. The van der Waals surface area contributed by atoms with Crippen LogP contribution in [-0.4, -0.2) is 37.8 Å². The molecule has 1 fully saturated rings. The molecule has 0 saturated carbocycles. The molecule has 0 N–H and O–H groups in total. The van der Waals surface area contributed by atoms with Gasteiger partial charge in [0.2, 0.25) is 0 Å². The molecule has 1 aliphatic heterocycles. The van der Waals surface area contributed by atoms with E-state index in [0.29, 0.717) is 24.4 Å². The number of hydrogen-bond donors (Lipinski definition) is 0. The number of carbonyl (C=O) groups excluding carboxylic acids is 3. The topological polar surface area (TPSA) is 94.4 Å². The zero-order valence-electron chi connectivity index (χ0n) is 13.9. The van der Waals surface area contributed by atoms with Crippen molar-refractivity contribution in [2.24, 2.45) is 0 Å². The van der Waals surface area contributed by atoms with E-state index in [1.54, 1.807) is 4.68 Å². The Morgan fingerprint density at radius 1 is 1.12 bits per heavy atom. The van der Waals surface area contributed by atoms with Crippen LogP contribution in [0.5, 0.6) is 0 Å². The molecule has 136 valence electrons. The minimum atomic E-state index is -0.577. The smallest absolute Gasteiger partial charge is 0.330 e. The molecule has 1 aliphatic rings. The molecule has 1 aromatic carbocycles. The number of carbonyl (C=O) groups is 3. The third-order valence-corrected chi connectivity index (χ3v) is 4.61. The minimum Gasteiger partial charge on any atom is -0.330 e. The van der Waals surface area contributed by atoms with Gasteiger partial charge in [0.15, 0.2) is 0 Å². The average Bonchev–Trinajstić information content (AvgIpc) is 3.21. The first-order valence-electron chi connectivity index (χ1n) is 8.25. The summed E-state index contributed by atoms with van der Waals surface area (Å²) in [6, 6.07) is 8.01. The van der Waals surface area contributed by atoms with Gasteiger partial charge in [0.1, 0.15) is 5.69 Å². The van der Waals surface area contributed by atoms with Crippen molar-refractivity contribution >= 4 is 40.4 Å². The standard InChI is InChI=1S/C17H17IN4O4/c18-13-6-4-12(5-7-13)14-11-21(20-19-14)10-2-1-3-17(25)26-22-15(23)8-9-16(22)24/h4-7,11H,1-3,8-10H2. The highest BCUT2D eigenvalue weighted by molar-refractivity contribution is 14.1. The zero-order chi connectivity index (χ0) is 18.5. The molecular formula is C17H17IN4O4. The average molecular weight is 468 g/mol. The first-order valence-corrected chi connectivity index (χ1v) is 9.33. The van der Waals surface area contributed by atoms with E-state index >= 15 is 0 Å². The van der Waals surface area contributed by atoms with Crippen molar-refractivity contribution in [1.29, 1.82) is 0 Å². The van der Waals surface area contributed by atoms with Crippen molar-refractivity contribution in [3.63, 3.8) is 0 Å². The predicted molar refractivity (Wildman–Crippen MR) is 99.2 cm³/mol. The number of unbranched alkanes of at least 4 members (excludes halogenated alkanes) is 1. The summed E-state index contributed by atoms with van der Waals surface area (Å²) < 4.78 is 2.88. The van der Waals surface area contributed by atoms with Gasteiger partial charge in [-0.05, 0) is 47.6 Å². The van der Waals surface area contributed by atoms with Crippen LogP contribution in [0, 0.1) is 3.57 Å². The molecule has 2 heterocycles. The normalized spacial score (nSPS) is 14.1. The molecule has 26 heavy (non-hydrogen) atoms. The fourth-order valence-electron chi connectivity index (χ4n) is 2.51. The second-order valence-electron chi connectivity index (χ2n) is 5.88. The van der Waals surface area contributed by atoms with E-state index in [1.807, 2.05) is 30.5 Å². The van der Waals surface area contributed by atoms with Crippen LogP contribution in [0.4, 0.5) is 0 Å². The molecule has 0 radical (unpaired) electrons. The molecule has 1 aromatic heterocycles. The molecule has 1 saturated heterocycles. The van der Waals surface area contributed by atoms with Gasteiger partial charge in [0.25, 0.3) is 11.8 Å². The molecule has 9 heteroatoms. The number of benzene rings is 1. The van der Waals surface area contributed by atoms with Crippen molar-refractivity contribution in [1.82, 2.24) is 20.1 Å². The Labute approximate surface area is 163 Å². The maximum Gasteiger partial charge on any atom is 0.333 e. The van der Waals surface area contributed by atoms with Crippen LogP contribution >= 0.6 is 22.6 Å². The number of rotatable bonds is 7. The van der Waals surface area contributed by atoms with Crippen LogP contribution in [0.1, 0.15) is 32.1 Å². The third-order valence-electron chi connectivity index (χ3n) is 3.90. The summed E-state index contributed by atoms with van der Waals surface area (Å²) in [7, 11) is 0. The second kappa shape index (κ2) is 8.39. The monoisotopic (exact) mass is 468 g/mol. The van der Waals surface area contributed by atoms with Gasteiger partial charge in [0, 0.05) is 34.9 Å². The second-order valence-corrected chi connectivity index (χ2v) is 7.12. The third kappa shape index (κ3) is 4.65. The lowest BCUT2D eigenvalue weighted by atomic mass is 10.2. The number of amides is 2. The maximum absolute atomic E-state index is 11.7. The zero-order valence-corrected chi connectivity index (χ0v) is 16.1. The van der Waals surface area contributed by atoms with E-state index in [1.165, 1.54) is 0 Å². The molecule has 0 spiro atoms. The Balaban J connectivity index is 1.41. The van der Waals surface area contributed by atoms with Gasteiger partial charge in [0.05, 0.1) is 6.20 Å². The Morgan fingerprint density at radius 3 is 2.50 bits per heavy atom.